The van der Waals surface area contributed by atoms with Crippen molar-refractivity contribution in [3.63, 3.8) is 0 Å². The standard InChI is InChI=1S/C13H17NO2/c1-10-14-12(9-15-3)13(2,16-10)11-7-5-4-6-8-11/h4-8,12H,9H2,1-3H3/t12-,13-/m0/s1. The highest BCUT2D eigenvalue weighted by Gasteiger charge is 2.42. The van der Waals surface area contributed by atoms with E-state index < -0.39 is 5.60 Å². The summed E-state index contributed by atoms with van der Waals surface area (Å²) in [6.07, 6.45) is 0. The zero-order valence-corrected chi connectivity index (χ0v) is 9.93. The Morgan fingerprint density at radius 3 is 2.69 bits per heavy atom. The third-order valence-electron chi connectivity index (χ3n) is 3.00. The lowest BCUT2D eigenvalue weighted by atomic mass is 9.89. The number of nitrogens with zero attached hydrogens (tertiary/aromatic N) is 1. The van der Waals surface area contributed by atoms with Crippen LogP contribution in [0.2, 0.25) is 0 Å². The quantitative estimate of drug-likeness (QED) is 0.781. The van der Waals surface area contributed by atoms with E-state index in [0.29, 0.717) is 6.61 Å². The molecular weight excluding hydrogens is 202 g/mol. The molecule has 0 radical (unpaired) electrons. The summed E-state index contributed by atoms with van der Waals surface area (Å²) in [5, 5.41) is 0. The Labute approximate surface area is 96.1 Å². The van der Waals surface area contributed by atoms with Crippen LogP contribution in [0.3, 0.4) is 0 Å². The second kappa shape index (κ2) is 4.26. The fourth-order valence-corrected chi connectivity index (χ4v) is 2.12. The van der Waals surface area contributed by atoms with Crippen molar-refractivity contribution < 1.29 is 9.47 Å². The Morgan fingerprint density at radius 2 is 2.06 bits per heavy atom. The van der Waals surface area contributed by atoms with E-state index in [2.05, 4.69) is 24.0 Å². The first kappa shape index (κ1) is 11.1. The average Bonchev–Trinajstić information content (AvgIpc) is 2.57. The number of hydrogen-bond acceptors (Lipinski definition) is 3. The Hall–Kier alpha value is -1.35. The van der Waals surface area contributed by atoms with Gasteiger partial charge in [-0.25, -0.2) is 4.99 Å². The Balaban J connectivity index is 2.31. The highest BCUT2D eigenvalue weighted by atomic mass is 16.5. The van der Waals surface area contributed by atoms with E-state index in [4.69, 9.17) is 9.47 Å². The minimum atomic E-state index is -0.401. The summed E-state index contributed by atoms with van der Waals surface area (Å²) in [5.41, 5.74) is 0.735. The molecular formula is C13H17NO2. The number of rotatable bonds is 3. The molecule has 0 bridgehead atoms. The van der Waals surface area contributed by atoms with Crippen molar-refractivity contribution in [3.8, 4) is 0 Å². The minimum Gasteiger partial charge on any atom is -0.468 e. The van der Waals surface area contributed by atoms with Crippen LogP contribution in [-0.2, 0) is 15.1 Å². The summed E-state index contributed by atoms with van der Waals surface area (Å²) in [5.74, 6) is 0.730. The first-order valence-electron chi connectivity index (χ1n) is 5.44. The Bertz CT molecular complexity index is 388. The molecule has 0 saturated carbocycles. The van der Waals surface area contributed by atoms with Gasteiger partial charge in [-0.2, -0.15) is 0 Å². The normalized spacial score (nSPS) is 28.7. The summed E-state index contributed by atoms with van der Waals surface area (Å²) in [6.45, 7) is 4.52. The van der Waals surface area contributed by atoms with Crippen LogP contribution in [0.4, 0.5) is 0 Å². The molecule has 1 aromatic rings. The fourth-order valence-electron chi connectivity index (χ4n) is 2.12. The lowest BCUT2D eigenvalue weighted by Gasteiger charge is -2.29. The smallest absolute Gasteiger partial charge is 0.181 e. The van der Waals surface area contributed by atoms with E-state index in [0.717, 1.165) is 11.5 Å². The first-order chi connectivity index (χ1) is 7.66. The van der Waals surface area contributed by atoms with E-state index in [-0.39, 0.29) is 6.04 Å². The molecule has 0 N–H and O–H groups in total. The maximum atomic E-state index is 5.87. The molecule has 1 aromatic carbocycles. The topological polar surface area (TPSA) is 30.8 Å². The van der Waals surface area contributed by atoms with Crippen LogP contribution in [0.1, 0.15) is 19.4 Å². The summed E-state index contributed by atoms with van der Waals surface area (Å²) in [6, 6.07) is 10.2. The molecule has 1 aliphatic rings. The Morgan fingerprint density at radius 1 is 1.38 bits per heavy atom. The number of ether oxygens (including phenoxy) is 2. The van der Waals surface area contributed by atoms with Crippen LogP contribution in [0.5, 0.6) is 0 Å². The summed E-state index contributed by atoms with van der Waals surface area (Å²) in [7, 11) is 1.69. The van der Waals surface area contributed by atoms with E-state index >= 15 is 0 Å². The first-order valence-corrected chi connectivity index (χ1v) is 5.44. The zero-order chi connectivity index (χ0) is 11.6. The molecule has 86 valence electrons. The third-order valence-corrected chi connectivity index (χ3v) is 3.00. The maximum Gasteiger partial charge on any atom is 0.181 e. The number of hydrogen-bond donors (Lipinski definition) is 0. The molecule has 16 heavy (non-hydrogen) atoms. The molecule has 0 amide bonds. The molecule has 0 saturated heterocycles. The predicted octanol–water partition coefficient (Wildman–Crippen LogP) is 2.37. The lowest BCUT2D eigenvalue weighted by molar-refractivity contribution is 0.0385. The van der Waals surface area contributed by atoms with Gasteiger partial charge in [-0.15, -0.1) is 0 Å². The summed E-state index contributed by atoms with van der Waals surface area (Å²) >= 11 is 0. The van der Waals surface area contributed by atoms with Gasteiger partial charge >= 0.3 is 0 Å². The zero-order valence-electron chi connectivity index (χ0n) is 9.93. The predicted molar refractivity (Wildman–Crippen MR) is 63.7 cm³/mol. The average molecular weight is 219 g/mol. The van der Waals surface area contributed by atoms with Gasteiger partial charge in [0.15, 0.2) is 11.5 Å². The highest BCUT2D eigenvalue weighted by Crippen LogP contribution is 2.35. The van der Waals surface area contributed by atoms with Crippen LogP contribution >= 0.6 is 0 Å². The van der Waals surface area contributed by atoms with E-state index in [9.17, 15) is 0 Å². The van der Waals surface area contributed by atoms with Crippen molar-refractivity contribution in [2.75, 3.05) is 13.7 Å². The summed E-state index contributed by atoms with van der Waals surface area (Å²) in [4.78, 5) is 4.48. The van der Waals surface area contributed by atoms with Gasteiger partial charge in [0.05, 0.1) is 6.61 Å². The molecule has 0 aromatic heterocycles. The van der Waals surface area contributed by atoms with Gasteiger partial charge in [-0.05, 0) is 12.5 Å². The van der Waals surface area contributed by atoms with Gasteiger partial charge in [0.25, 0.3) is 0 Å². The van der Waals surface area contributed by atoms with Crippen LogP contribution in [0.25, 0.3) is 0 Å². The lowest BCUT2D eigenvalue weighted by Crippen LogP contribution is -2.36. The van der Waals surface area contributed by atoms with Gasteiger partial charge in [0.1, 0.15) is 6.04 Å². The third kappa shape index (κ3) is 1.83. The molecule has 3 nitrogen and oxygen atoms in total. The second-order valence-corrected chi connectivity index (χ2v) is 4.19. The van der Waals surface area contributed by atoms with Crippen molar-refractivity contribution in [1.29, 1.82) is 0 Å². The number of aliphatic imine (C=N–C) groups is 1. The summed E-state index contributed by atoms with van der Waals surface area (Å²) < 4.78 is 11.1. The van der Waals surface area contributed by atoms with Crippen molar-refractivity contribution in [2.45, 2.75) is 25.5 Å². The fraction of sp³-hybridized carbons (Fsp3) is 0.462. The van der Waals surface area contributed by atoms with Crippen molar-refractivity contribution in [2.24, 2.45) is 4.99 Å². The monoisotopic (exact) mass is 219 g/mol. The minimum absolute atomic E-state index is 0.0277. The van der Waals surface area contributed by atoms with Gasteiger partial charge in [0, 0.05) is 14.0 Å². The van der Waals surface area contributed by atoms with Gasteiger partial charge in [0.2, 0.25) is 0 Å². The highest BCUT2D eigenvalue weighted by molar-refractivity contribution is 5.76. The molecule has 0 spiro atoms. The Kier molecular flexibility index (Phi) is 2.97. The number of methoxy groups -OCH3 is 1. The van der Waals surface area contributed by atoms with Crippen molar-refractivity contribution in [1.82, 2.24) is 0 Å². The largest absolute Gasteiger partial charge is 0.468 e. The van der Waals surface area contributed by atoms with E-state index in [1.54, 1.807) is 7.11 Å². The van der Waals surface area contributed by atoms with Gasteiger partial charge in [-0.1, -0.05) is 30.3 Å². The molecule has 3 heteroatoms. The van der Waals surface area contributed by atoms with Crippen LogP contribution < -0.4 is 0 Å². The molecule has 1 heterocycles. The van der Waals surface area contributed by atoms with Gasteiger partial charge in [-0.3, -0.25) is 0 Å². The van der Waals surface area contributed by atoms with Crippen LogP contribution in [-0.4, -0.2) is 25.7 Å². The molecule has 0 aliphatic carbocycles. The van der Waals surface area contributed by atoms with Gasteiger partial charge < -0.3 is 9.47 Å². The molecule has 2 atom stereocenters. The van der Waals surface area contributed by atoms with Crippen molar-refractivity contribution >= 4 is 5.90 Å². The molecule has 1 aliphatic heterocycles. The SMILES string of the molecule is COC[C@@H]1N=C(C)O[C@@]1(C)c1ccccc1. The van der Waals surface area contributed by atoms with Crippen molar-refractivity contribution in [3.05, 3.63) is 35.9 Å². The van der Waals surface area contributed by atoms with Crippen LogP contribution in [0.15, 0.2) is 35.3 Å². The van der Waals surface area contributed by atoms with E-state index in [1.807, 2.05) is 25.1 Å². The maximum absolute atomic E-state index is 5.87. The van der Waals surface area contributed by atoms with Crippen LogP contribution in [0, 0.1) is 0 Å². The molecule has 2 rings (SSSR count). The molecule has 0 unspecified atom stereocenters. The molecule has 0 fully saturated rings. The second-order valence-electron chi connectivity index (χ2n) is 4.19. The van der Waals surface area contributed by atoms with E-state index in [1.165, 1.54) is 0 Å². The number of benzene rings is 1.